The molecule has 1 heterocycles. The van der Waals surface area contributed by atoms with Gasteiger partial charge < -0.3 is 5.32 Å². The molecule has 0 unspecified atom stereocenters. The fraction of sp³-hybridized carbons (Fsp3) is 0.0385. The van der Waals surface area contributed by atoms with Gasteiger partial charge in [-0.15, -0.1) is 0 Å². The predicted octanol–water partition coefficient (Wildman–Crippen LogP) is 5.49. The molecule has 0 atom stereocenters. The molecule has 2 saturated carbocycles. The van der Waals surface area contributed by atoms with Crippen molar-refractivity contribution in [3.63, 3.8) is 0 Å². The molecule has 2 nitrogen and oxygen atoms in total. The van der Waals surface area contributed by atoms with Gasteiger partial charge in [0, 0.05) is 23.4 Å². The molecule has 29 heavy (non-hydrogen) atoms. The lowest BCUT2D eigenvalue weighted by Crippen LogP contribution is -2.46. The lowest BCUT2D eigenvalue weighted by molar-refractivity contribution is 0.577. The van der Waals surface area contributed by atoms with E-state index in [-0.39, 0.29) is 5.82 Å². The second-order valence-electron chi connectivity index (χ2n) is 7.11. The molecule has 0 saturated heterocycles. The maximum absolute atomic E-state index is 13.8. The number of hydrogen-bond donors (Lipinski definition) is 1. The summed E-state index contributed by atoms with van der Waals surface area (Å²) in [6, 6.07) is 16.8. The fourth-order valence-electron chi connectivity index (χ4n) is 4.07. The van der Waals surface area contributed by atoms with Crippen molar-refractivity contribution in [1.82, 2.24) is 4.98 Å². The van der Waals surface area contributed by atoms with E-state index in [0.29, 0.717) is 0 Å². The van der Waals surface area contributed by atoms with Gasteiger partial charge in [-0.05, 0) is 81.2 Å². The monoisotopic (exact) mass is 378 g/mol. The molecule has 2 fully saturated rings. The number of rotatable bonds is 5. The van der Waals surface area contributed by atoms with Gasteiger partial charge in [0.05, 0.1) is 16.7 Å². The van der Waals surface area contributed by atoms with E-state index in [1.807, 2.05) is 56.0 Å². The first-order valence-electron chi connectivity index (χ1n) is 9.60. The summed E-state index contributed by atoms with van der Waals surface area (Å²) < 4.78 is 13.8. The van der Waals surface area contributed by atoms with Gasteiger partial charge in [0.25, 0.3) is 0 Å². The minimum absolute atomic E-state index is 0.250. The number of nitrogens with zero attached hydrogens (tertiary/aromatic N) is 1. The smallest absolute Gasteiger partial charge is 0.123 e. The largest absolute Gasteiger partial charge is 0.373 e. The third-order valence-electron chi connectivity index (χ3n) is 5.42. The van der Waals surface area contributed by atoms with Crippen LogP contribution in [-0.2, 0) is 5.54 Å². The molecule has 2 aliphatic rings. The summed E-state index contributed by atoms with van der Waals surface area (Å²) in [4.78, 5) is 4.61. The minimum Gasteiger partial charge on any atom is -0.373 e. The van der Waals surface area contributed by atoms with E-state index in [1.165, 1.54) is 12.1 Å². The van der Waals surface area contributed by atoms with Crippen LogP contribution >= 0.6 is 0 Å². The second kappa shape index (κ2) is 7.78. The lowest BCUT2D eigenvalue weighted by atomic mass is 9.67. The molecule has 2 aliphatic carbocycles. The zero-order valence-corrected chi connectivity index (χ0v) is 15.7. The number of aromatic nitrogens is 1. The van der Waals surface area contributed by atoms with Gasteiger partial charge in [0.15, 0.2) is 0 Å². The van der Waals surface area contributed by atoms with Crippen LogP contribution in [0.5, 0.6) is 0 Å². The van der Waals surface area contributed by atoms with Gasteiger partial charge >= 0.3 is 0 Å². The first-order valence-corrected chi connectivity index (χ1v) is 9.60. The van der Waals surface area contributed by atoms with Crippen molar-refractivity contribution in [3.05, 3.63) is 135 Å². The van der Waals surface area contributed by atoms with Crippen molar-refractivity contribution in [2.45, 2.75) is 5.54 Å². The van der Waals surface area contributed by atoms with Crippen LogP contribution in [0.3, 0.4) is 0 Å². The molecule has 3 aromatic rings. The molecular weight excluding hydrogens is 359 g/mol. The Morgan fingerprint density at radius 3 is 2.00 bits per heavy atom. The Balaban J connectivity index is 1.68. The molecule has 0 spiro atoms. The Bertz CT molecular complexity index is 948. The number of anilines is 1. The molecule has 5 rings (SSSR count). The first kappa shape index (κ1) is 18.6. The van der Waals surface area contributed by atoms with E-state index in [0.717, 1.165) is 34.0 Å². The number of halogens is 1. The minimum atomic E-state index is -0.674. The molecule has 2 aromatic carbocycles. The van der Waals surface area contributed by atoms with Gasteiger partial charge in [-0.2, -0.15) is 0 Å². The average molecular weight is 378 g/mol. The van der Waals surface area contributed by atoms with Crippen LogP contribution in [0.4, 0.5) is 10.1 Å². The average Bonchev–Trinajstić information content (AvgIpc) is 3.48. The Hall–Kier alpha value is -2.42. The summed E-state index contributed by atoms with van der Waals surface area (Å²) in [6.45, 7) is 0. The SMILES string of the molecule is Fc1ccc(C(Nc2cccc3cccnc23)([C]2[CH][CH][CH][CH]2)[C]2[CH][CH][CH][CH]2)cc1. The zero-order chi connectivity index (χ0) is 19.7. The molecule has 1 N–H and O–H groups in total. The first-order chi connectivity index (χ1) is 14.3. The Kier molecular flexibility index (Phi) is 4.99. The third-order valence-corrected chi connectivity index (χ3v) is 5.42. The molecule has 0 aliphatic heterocycles. The summed E-state index contributed by atoms with van der Waals surface area (Å²) in [7, 11) is 0. The van der Waals surface area contributed by atoms with Crippen LogP contribution in [0.25, 0.3) is 10.9 Å². The highest BCUT2D eigenvalue weighted by molar-refractivity contribution is 5.91. The van der Waals surface area contributed by atoms with Gasteiger partial charge in [0.1, 0.15) is 5.82 Å². The molecule has 3 heteroatoms. The predicted molar refractivity (Wildman–Crippen MR) is 114 cm³/mol. The number of para-hydroxylation sites is 1. The van der Waals surface area contributed by atoms with Crippen molar-refractivity contribution < 1.29 is 4.39 Å². The normalized spacial score (nSPS) is 18.5. The summed E-state index contributed by atoms with van der Waals surface area (Å²) in [6.07, 6.45) is 18.3. The van der Waals surface area contributed by atoms with Crippen molar-refractivity contribution in [2.75, 3.05) is 5.32 Å². The fourth-order valence-corrected chi connectivity index (χ4v) is 4.07. The highest BCUT2D eigenvalue weighted by Gasteiger charge is 2.50. The molecule has 10 radical (unpaired) electrons. The van der Waals surface area contributed by atoms with Crippen molar-refractivity contribution in [3.8, 4) is 0 Å². The molecule has 0 amide bonds. The van der Waals surface area contributed by atoms with Crippen molar-refractivity contribution in [1.29, 1.82) is 0 Å². The Labute approximate surface area is 172 Å². The van der Waals surface area contributed by atoms with Crippen molar-refractivity contribution >= 4 is 16.6 Å². The molecule has 1 aromatic heterocycles. The highest BCUT2D eigenvalue weighted by atomic mass is 19.1. The van der Waals surface area contributed by atoms with Gasteiger partial charge in [-0.1, -0.05) is 30.3 Å². The summed E-state index contributed by atoms with van der Waals surface area (Å²) in [5.41, 5.74) is 2.12. The van der Waals surface area contributed by atoms with Crippen LogP contribution in [0, 0.1) is 69.0 Å². The van der Waals surface area contributed by atoms with E-state index in [4.69, 9.17) is 0 Å². The summed E-state index contributed by atoms with van der Waals surface area (Å²) >= 11 is 0. The van der Waals surface area contributed by atoms with Crippen LogP contribution in [-0.4, -0.2) is 4.98 Å². The number of nitrogens with one attached hydrogen (secondary N) is 1. The van der Waals surface area contributed by atoms with Crippen LogP contribution in [0.2, 0.25) is 0 Å². The van der Waals surface area contributed by atoms with Crippen LogP contribution in [0.15, 0.2) is 60.8 Å². The van der Waals surface area contributed by atoms with Gasteiger partial charge in [-0.25, -0.2) is 4.39 Å². The van der Waals surface area contributed by atoms with Gasteiger partial charge in [-0.3, -0.25) is 4.98 Å². The lowest BCUT2D eigenvalue weighted by Gasteiger charge is -2.45. The quantitative estimate of drug-likeness (QED) is 0.635. The van der Waals surface area contributed by atoms with E-state index in [1.54, 1.807) is 6.20 Å². The van der Waals surface area contributed by atoms with E-state index < -0.39 is 5.54 Å². The summed E-state index contributed by atoms with van der Waals surface area (Å²) in [5, 5.41) is 4.86. The number of hydrogen-bond acceptors (Lipinski definition) is 2. The third kappa shape index (κ3) is 3.31. The highest BCUT2D eigenvalue weighted by Crippen LogP contribution is 2.53. The maximum atomic E-state index is 13.8. The van der Waals surface area contributed by atoms with E-state index in [2.05, 4.69) is 48.1 Å². The molecule has 0 bridgehead atoms. The van der Waals surface area contributed by atoms with Gasteiger partial charge in [0.2, 0.25) is 0 Å². The zero-order valence-electron chi connectivity index (χ0n) is 15.7. The number of pyridine rings is 1. The van der Waals surface area contributed by atoms with E-state index >= 15 is 0 Å². The van der Waals surface area contributed by atoms with E-state index in [9.17, 15) is 4.39 Å². The second-order valence-corrected chi connectivity index (χ2v) is 7.11. The maximum Gasteiger partial charge on any atom is 0.123 e. The number of fused-ring (bicyclic) bond motifs is 1. The van der Waals surface area contributed by atoms with Crippen LogP contribution in [0.1, 0.15) is 5.56 Å². The van der Waals surface area contributed by atoms with Crippen LogP contribution < -0.4 is 5.32 Å². The molecule has 140 valence electrons. The van der Waals surface area contributed by atoms with Crippen molar-refractivity contribution in [2.24, 2.45) is 0 Å². The molecular formula is C26H19FN2. The Morgan fingerprint density at radius 1 is 0.724 bits per heavy atom. The topological polar surface area (TPSA) is 24.9 Å². The Morgan fingerprint density at radius 2 is 1.34 bits per heavy atom. The standard InChI is InChI=1S/C26H19FN2/c27-23-16-14-22(15-17-23)26(20-9-1-2-10-20,21-11-3-4-12-21)29-24-13-5-7-19-8-6-18-28-25(19)24/h1-18,29H. The number of benzene rings is 2. The summed E-state index contributed by atoms with van der Waals surface area (Å²) in [5.74, 6) is 1.92.